The number of anilines is 1. The van der Waals surface area contributed by atoms with E-state index in [1.807, 2.05) is 54.6 Å². The molecule has 0 atom stereocenters. The molecule has 2 heterocycles. The number of fused-ring (bicyclic) bond motifs is 1. The molecule has 26 heavy (non-hydrogen) atoms. The van der Waals surface area contributed by atoms with Crippen LogP contribution in [0.3, 0.4) is 0 Å². The highest BCUT2D eigenvalue weighted by Crippen LogP contribution is 2.25. The van der Waals surface area contributed by atoms with Gasteiger partial charge in [0, 0.05) is 30.6 Å². The number of aryl methyl sites for hydroxylation is 2. The number of aromatic nitrogens is 3. The van der Waals surface area contributed by atoms with E-state index in [0.29, 0.717) is 6.42 Å². The zero-order chi connectivity index (χ0) is 17.8. The number of rotatable bonds is 5. The van der Waals surface area contributed by atoms with Crippen molar-refractivity contribution in [2.45, 2.75) is 38.6 Å². The molecule has 5 heteroatoms. The first-order valence-corrected chi connectivity index (χ1v) is 9.16. The van der Waals surface area contributed by atoms with Crippen molar-refractivity contribution in [3.05, 3.63) is 66.0 Å². The van der Waals surface area contributed by atoms with Gasteiger partial charge in [0.05, 0.1) is 0 Å². The van der Waals surface area contributed by atoms with Crippen molar-refractivity contribution in [2.75, 3.05) is 5.32 Å². The lowest BCUT2D eigenvalue weighted by molar-refractivity contribution is -0.116. The molecular weight excluding hydrogens is 324 g/mol. The van der Waals surface area contributed by atoms with E-state index in [-0.39, 0.29) is 5.91 Å². The largest absolute Gasteiger partial charge is 0.326 e. The van der Waals surface area contributed by atoms with Crippen LogP contribution in [-0.4, -0.2) is 20.7 Å². The second kappa shape index (κ2) is 7.52. The van der Waals surface area contributed by atoms with E-state index in [1.54, 1.807) is 0 Å². The van der Waals surface area contributed by atoms with Gasteiger partial charge in [-0.2, -0.15) is 0 Å². The zero-order valence-corrected chi connectivity index (χ0v) is 14.7. The molecule has 1 amide bonds. The molecule has 0 bridgehead atoms. The monoisotopic (exact) mass is 346 g/mol. The fourth-order valence-corrected chi connectivity index (χ4v) is 3.38. The average Bonchev–Trinajstić information content (AvgIpc) is 3.12. The summed E-state index contributed by atoms with van der Waals surface area (Å²) in [5.74, 6) is 1.97. The molecule has 0 spiro atoms. The predicted octanol–water partition coefficient (Wildman–Crippen LogP) is 3.85. The Morgan fingerprint density at radius 2 is 1.92 bits per heavy atom. The van der Waals surface area contributed by atoms with Gasteiger partial charge in [0.1, 0.15) is 5.82 Å². The predicted molar refractivity (Wildman–Crippen MR) is 102 cm³/mol. The highest BCUT2D eigenvalue weighted by Gasteiger charge is 2.17. The van der Waals surface area contributed by atoms with Crippen LogP contribution in [0.4, 0.5) is 5.69 Å². The normalized spacial score (nSPS) is 13.2. The molecule has 3 aromatic rings. The van der Waals surface area contributed by atoms with E-state index < -0.39 is 0 Å². The quantitative estimate of drug-likeness (QED) is 0.763. The maximum absolute atomic E-state index is 12.3. The molecule has 1 aliphatic heterocycles. The summed E-state index contributed by atoms with van der Waals surface area (Å²) in [7, 11) is 0. The first-order chi connectivity index (χ1) is 12.8. The third-order valence-corrected chi connectivity index (χ3v) is 4.75. The minimum atomic E-state index is 0.0225. The summed E-state index contributed by atoms with van der Waals surface area (Å²) in [5.41, 5.74) is 2.96. The second-order valence-electron chi connectivity index (χ2n) is 6.66. The molecule has 5 nitrogen and oxygen atoms in total. The smallest absolute Gasteiger partial charge is 0.224 e. The van der Waals surface area contributed by atoms with Crippen molar-refractivity contribution in [3.8, 4) is 11.4 Å². The van der Waals surface area contributed by atoms with Gasteiger partial charge >= 0.3 is 0 Å². The van der Waals surface area contributed by atoms with Crippen LogP contribution in [0.15, 0.2) is 54.6 Å². The van der Waals surface area contributed by atoms with Crippen molar-refractivity contribution in [1.82, 2.24) is 14.8 Å². The molecule has 0 saturated carbocycles. The third-order valence-electron chi connectivity index (χ3n) is 4.75. The van der Waals surface area contributed by atoms with Gasteiger partial charge in [-0.1, -0.05) is 42.5 Å². The lowest BCUT2D eigenvalue weighted by Gasteiger charge is -2.15. The number of nitrogens with zero attached hydrogens (tertiary/aromatic N) is 3. The maximum atomic E-state index is 12.3. The molecule has 4 rings (SSSR count). The molecule has 0 saturated heterocycles. The highest BCUT2D eigenvalue weighted by molar-refractivity contribution is 5.91. The zero-order valence-electron chi connectivity index (χ0n) is 14.7. The summed E-state index contributed by atoms with van der Waals surface area (Å²) < 4.78 is 2.19. The first-order valence-electron chi connectivity index (χ1n) is 9.16. The van der Waals surface area contributed by atoms with E-state index in [9.17, 15) is 4.79 Å². The van der Waals surface area contributed by atoms with Crippen LogP contribution in [0.5, 0.6) is 0 Å². The van der Waals surface area contributed by atoms with Crippen molar-refractivity contribution in [1.29, 1.82) is 0 Å². The van der Waals surface area contributed by atoms with E-state index in [1.165, 1.54) is 12.0 Å². The minimum absolute atomic E-state index is 0.0225. The number of hydrogen-bond acceptors (Lipinski definition) is 3. The van der Waals surface area contributed by atoms with E-state index in [0.717, 1.165) is 48.7 Å². The fraction of sp³-hybridized carbons (Fsp3) is 0.286. The Hall–Kier alpha value is -2.95. The molecule has 2 aromatic carbocycles. The number of benzene rings is 2. The fourth-order valence-electron chi connectivity index (χ4n) is 3.38. The Bertz CT molecular complexity index is 901. The molecule has 0 radical (unpaired) electrons. The van der Waals surface area contributed by atoms with E-state index >= 15 is 0 Å². The summed E-state index contributed by atoms with van der Waals surface area (Å²) in [6.07, 6.45) is 4.53. The molecule has 0 unspecified atom stereocenters. The molecule has 1 N–H and O–H groups in total. The van der Waals surface area contributed by atoms with Crippen molar-refractivity contribution >= 4 is 11.6 Å². The van der Waals surface area contributed by atoms with Gasteiger partial charge < -0.3 is 9.88 Å². The molecule has 1 aliphatic rings. The van der Waals surface area contributed by atoms with Crippen LogP contribution in [0, 0.1) is 0 Å². The molecule has 0 fully saturated rings. The SMILES string of the molecule is O=C(CCc1ccccc1)Nc1cccc(-c2nnc3n2CCCC3)c1. The topological polar surface area (TPSA) is 59.8 Å². The van der Waals surface area contributed by atoms with Crippen molar-refractivity contribution in [3.63, 3.8) is 0 Å². The Kier molecular flexibility index (Phi) is 4.78. The van der Waals surface area contributed by atoms with Crippen molar-refractivity contribution in [2.24, 2.45) is 0 Å². The van der Waals surface area contributed by atoms with Gasteiger partial charge in [0.25, 0.3) is 0 Å². The van der Waals surface area contributed by atoms with Gasteiger partial charge in [-0.15, -0.1) is 10.2 Å². The highest BCUT2D eigenvalue weighted by atomic mass is 16.1. The van der Waals surface area contributed by atoms with Gasteiger partial charge in [0.2, 0.25) is 5.91 Å². The maximum Gasteiger partial charge on any atom is 0.224 e. The number of amides is 1. The van der Waals surface area contributed by atoms with Crippen LogP contribution in [0.25, 0.3) is 11.4 Å². The number of carbonyl (C=O) groups excluding carboxylic acids is 1. The first kappa shape index (κ1) is 16.5. The summed E-state index contributed by atoms with van der Waals surface area (Å²) in [5, 5.41) is 11.7. The van der Waals surface area contributed by atoms with Gasteiger partial charge in [0.15, 0.2) is 5.82 Å². The third kappa shape index (κ3) is 3.67. The van der Waals surface area contributed by atoms with Crippen LogP contribution in [-0.2, 0) is 24.2 Å². The van der Waals surface area contributed by atoms with Gasteiger partial charge in [-0.25, -0.2) is 0 Å². The summed E-state index contributed by atoms with van der Waals surface area (Å²) >= 11 is 0. The number of nitrogens with one attached hydrogen (secondary N) is 1. The van der Waals surface area contributed by atoms with Gasteiger partial charge in [-0.3, -0.25) is 4.79 Å². The Morgan fingerprint density at radius 1 is 1.04 bits per heavy atom. The lowest BCUT2D eigenvalue weighted by atomic mass is 10.1. The lowest BCUT2D eigenvalue weighted by Crippen LogP contribution is -2.13. The van der Waals surface area contributed by atoms with Gasteiger partial charge in [-0.05, 0) is 37.0 Å². The molecular formula is C21H22N4O. The molecule has 132 valence electrons. The number of hydrogen-bond donors (Lipinski definition) is 1. The average molecular weight is 346 g/mol. The Morgan fingerprint density at radius 3 is 2.81 bits per heavy atom. The number of carbonyl (C=O) groups is 1. The van der Waals surface area contributed by atoms with E-state index in [4.69, 9.17) is 0 Å². The second-order valence-corrected chi connectivity index (χ2v) is 6.66. The van der Waals surface area contributed by atoms with Crippen molar-refractivity contribution < 1.29 is 4.79 Å². The van der Waals surface area contributed by atoms with Crippen LogP contribution >= 0.6 is 0 Å². The Labute approximate surface area is 153 Å². The minimum Gasteiger partial charge on any atom is -0.326 e. The van der Waals surface area contributed by atoms with Crippen LogP contribution in [0.2, 0.25) is 0 Å². The molecule has 0 aliphatic carbocycles. The summed E-state index contributed by atoms with van der Waals surface area (Å²) in [4.78, 5) is 12.3. The van der Waals surface area contributed by atoms with E-state index in [2.05, 4.69) is 20.1 Å². The van der Waals surface area contributed by atoms with Crippen LogP contribution < -0.4 is 5.32 Å². The summed E-state index contributed by atoms with van der Waals surface area (Å²) in [6, 6.07) is 17.9. The summed E-state index contributed by atoms with van der Waals surface area (Å²) in [6.45, 7) is 0.964. The Balaban J connectivity index is 1.44. The molecule has 1 aromatic heterocycles. The standard InChI is InChI=1S/C21H22N4O/c26-20(13-12-16-7-2-1-3-8-16)22-18-10-6-9-17(15-18)21-24-23-19-11-4-5-14-25(19)21/h1-3,6-10,15H,4-5,11-14H2,(H,22,26). The van der Waals surface area contributed by atoms with Crippen LogP contribution in [0.1, 0.15) is 30.7 Å².